The van der Waals surface area contributed by atoms with Gasteiger partial charge in [-0.25, -0.2) is 0 Å². The van der Waals surface area contributed by atoms with Crippen molar-refractivity contribution in [2.75, 3.05) is 6.54 Å². The minimum absolute atomic E-state index is 0.576. The maximum atomic E-state index is 3.71. The van der Waals surface area contributed by atoms with E-state index in [2.05, 4.69) is 59.9 Å². The molecule has 98 valence electrons. The van der Waals surface area contributed by atoms with E-state index < -0.39 is 0 Å². The zero-order valence-electron chi connectivity index (χ0n) is 11.3. The zero-order chi connectivity index (χ0) is 12.9. The van der Waals surface area contributed by atoms with Crippen molar-refractivity contribution in [1.82, 2.24) is 5.32 Å². The predicted molar refractivity (Wildman–Crippen MR) is 80.3 cm³/mol. The van der Waals surface area contributed by atoms with Gasteiger partial charge >= 0.3 is 0 Å². The van der Waals surface area contributed by atoms with Gasteiger partial charge in [0.05, 0.1) is 0 Å². The molecular weight excluding hydrogens is 230 g/mol. The number of aryl methyl sites for hydroxylation is 2. The Hall–Kier alpha value is -1.60. The minimum atomic E-state index is 0.576. The lowest BCUT2D eigenvalue weighted by atomic mass is 10.1. The van der Waals surface area contributed by atoms with E-state index in [9.17, 15) is 0 Å². The summed E-state index contributed by atoms with van der Waals surface area (Å²) < 4.78 is 0. The molecule has 0 fully saturated rings. The van der Waals surface area contributed by atoms with Crippen molar-refractivity contribution >= 4 is 0 Å². The number of fused-ring (bicyclic) bond motifs is 1. The largest absolute Gasteiger partial charge is 0.310 e. The second kappa shape index (κ2) is 6.03. The van der Waals surface area contributed by atoms with Crippen LogP contribution in [-0.4, -0.2) is 6.54 Å². The van der Waals surface area contributed by atoms with E-state index in [-0.39, 0.29) is 0 Å². The van der Waals surface area contributed by atoms with Crippen LogP contribution in [-0.2, 0) is 12.8 Å². The van der Waals surface area contributed by atoms with Gasteiger partial charge in [0.1, 0.15) is 0 Å². The molecule has 1 N–H and O–H groups in total. The molecule has 1 atom stereocenters. The van der Waals surface area contributed by atoms with Crippen molar-refractivity contribution in [3.05, 3.63) is 71.3 Å². The molecule has 0 amide bonds. The summed E-state index contributed by atoms with van der Waals surface area (Å²) in [5.74, 6) is 0. The molecule has 0 bridgehead atoms. The summed E-state index contributed by atoms with van der Waals surface area (Å²) in [6, 6.07) is 20.2. The quantitative estimate of drug-likeness (QED) is 0.795. The van der Waals surface area contributed by atoms with E-state index in [1.165, 1.54) is 42.4 Å². The maximum Gasteiger partial charge on any atom is 0.0326 e. The first-order valence-electron chi connectivity index (χ1n) is 7.28. The van der Waals surface area contributed by atoms with Crippen LogP contribution in [0.5, 0.6) is 0 Å². The van der Waals surface area contributed by atoms with Crippen LogP contribution >= 0.6 is 0 Å². The molecular formula is C18H21N. The molecule has 2 aromatic carbocycles. The van der Waals surface area contributed by atoms with Crippen molar-refractivity contribution in [2.24, 2.45) is 0 Å². The fourth-order valence-electron chi connectivity index (χ4n) is 2.98. The molecule has 19 heavy (non-hydrogen) atoms. The number of rotatable bonds is 5. The third-order valence-corrected chi connectivity index (χ3v) is 4.01. The molecule has 2 aromatic rings. The molecule has 1 aliphatic rings. The topological polar surface area (TPSA) is 12.0 Å². The predicted octanol–water partition coefficient (Wildman–Crippen LogP) is 3.90. The fraction of sp³-hybridized carbons (Fsp3) is 0.333. The van der Waals surface area contributed by atoms with Gasteiger partial charge in [0.15, 0.2) is 0 Å². The minimum Gasteiger partial charge on any atom is -0.310 e. The lowest BCUT2D eigenvalue weighted by Gasteiger charge is -2.13. The summed E-state index contributed by atoms with van der Waals surface area (Å²) in [4.78, 5) is 0. The van der Waals surface area contributed by atoms with Crippen molar-refractivity contribution < 1.29 is 0 Å². The van der Waals surface area contributed by atoms with Crippen LogP contribution in [0.15, 0.2) is 54.6 Å². The van der Waals surface area contributed by atoms with Crippen molar-refractivity contribution in [2.45, 2.75) is 31.7 Å². The lowest BCUT2D eigenvalue weighted by Crippen LogP contribution is -2.20. The van der Waals surface area contributed by atoms with Gasteiger partial charge in [0, 0.05) is 6.04 Å². The Morgan fingerprint density at radius 3 is 2.63 bits per heavy atom. The number of nitrogens with one attached hydrogen (secondary N) is 1. The van der Waals surface area contributed by atoms with Gasteiger partial charge in [-0.3, -0.25) is 0 Å². The molecule has 1 nitrogen and oxygen atoms in total. The third kappa shape index (κ3) is 3.05. The van der Waals surface area contributed by atoms with Gasteiger partial charge in [0.25, 0.3) is 0 Å². The second-order valence-corrected chi connectivity index (χ2v) is 5.33. The van der Waals surface area contributed by atoms with E-state index in [0.29, 0.717) is 6.04 Å². The maximum absolute atomic E-state index is 3.71. The molecule has 0 radical (unpaired) electrons. The average Bonchev–Trinajstić information content (AvgIpc) is 2.88. The molecule has 1 heteroatoms. The van der Waals surface area contributed by atoms with Gasteiger partial charge in [0.2, 0.25) is 0 Å². The monoisotopic (exact) mass is 251 g/mol. The first-order valence-corrected chi connectivity index (χ1v) is 7.28. The van der Waals surface area contributed by atoms with Crippen LogP contribution in [0.25, 0.3) is 0 Å². The highest BCUT2D eigenvalue weighted by Crippen LogP contribution is 2.30. The fourth-order valence-corrected chi connectivity index (χ4v) is 2.98. The Bertz CT molecular complexity index is 518. The third-order valence-electron chi connectivity index (χ3n) is 4.01. The first kappa shape index (κ1) is 12.4. The van der Waals surface area contributed by atoms with Crippen LogP contribution in [0.2, 0.25) is 0 Å². The number of hydrogen-bond donors (Lipinski definition) is 1. The van der Waals surface area contributed by atoms with Crippen LogP contribution < -0.4 is 5.32 Å². The average molecular weight is 251 g/mol. The molecule has 0 spiro atoms. The van der Waals surface area contributed by atoms with Gasteiger partial charge in [-0.05, 0) is 48.9 Å². The van der Waals surface area contributed by atoms with Gasteiger partial charge in [-0.2, -0.15) is 0 Å². The summed E-state index contributed by atoms with van der Waals surface area (Å²) >= 11 is 0. The second-order valence-electron chi connectivity index (χ2n) is 5.33. The van der Waals surface area contributed by atoms with E-state index in [0.717, 1.165) is 6.54 Å². The highest BCUT2D eigenvalue weighted by molar-refractivity contribution is 5.34. The van der Waals surface area contributed by atoms with Crippen molar-refractivity contribution in [1.29, 1.82) is 0 Å². The Morgan fingerprint density at radius 1 is 0.947 bits per heavy atom. The summed E-state index contributed by atoms with van der Waals surface area (Å²) in [7, 11) is 0. The highest BCUT2D eigenvalue weighted by atomic mass is 14.9. The summed E-state index contributed by atoms with van der Waals surface area (Å²) in [6.45, 7) is 1.11. The molecule has 0 aliphatic heterocycles. The smallest absolute Gasteiger partial charge is 0.0326 e. The lowest BCUT2D eigenvalue weighted by molar-refractivity contribution is 0.520. The Balaban J connectivity index is 1.47. The Morgan fingerprint density at radius 2 is 1.74 bits per heavy atom. The molecule has 0 aromatic heterocycles. The zero-order valence-corrected chi connectivity index (χ0v) is 11.3. The summed E-state index contributed by atoms with van der Waals surface area (Å²) in [5, 5.41) is 3.71. The van der Waals surface area contributed by atoms with Gasteiger partial charge < -0.3 is 5.32 Å². The molecule has 3 rings (SSSR count). The summed E-state index contributed by atoms with van der Waals surface area (Å²) in [5.41, 5.74) is 4.49. The summed E-state index contributed by atoms with van der Waals surface area (Å²) in [6.07, 6.45) is 4.86. The standard InChI is InChI=1S/C18H21N/c1-2-7-15(8-3-1)9-6-14-19-18-13-12-16-10-4-5-11-17(16)18/h1-5,7-8,10-11,18-19H,6,9,12-14H2. The van der Waals surface area contributed by atoms with Crippen LogP contribution in [0.1, 0.15) is 35.6 Å². The van der Waals surface area contributed by atoms with Crippen molar-refractivity contribution in [3.63, 3.8) is 0 Å². The van der Waals surface area contributed by atoms with Gasteiger partial charge in [-0.15, -0.1) is 0 Å². The van der Waals surface area contributed by atoms with Crippen molar-refractivity contribution in [3.8, 4) is 0 Å². The molecule has 0 saturated carbocycles. The highest BCUT2D eigenvalue weighted by Gasteiger charge is 2.20. The van der Waals surface area contributed by atoms with Crippen LogP contribution in [0.4, 0.5) is 0 Å². The number of benzene rings is 2. The van der Waals surface area contributed by atoms with E-state index >= 15 is 0 Å². The van der Waals surface area contributed by atoms with E-state index in [1.807, 2.05) is 0 Å². The molecule has 1 aliphatic carbocycles. The molecule has 1 unspecified atom stereocenters. The normalized spacial score (nSPS) is 17.4. The number of hydrogen-bond acceptors (Lipinski definition) is 1. The van der Waals surface area contributed by atoms with E-state index in [1.54, 1.807) is 0 Å². The SMILES string of the molecule is c1ccc(CCCNC2CCc3ccccc32)cc1. The van der Waals surface area contributed by atoms with Gasteiger partial charge in [-0.1, -0.05) is 54.6 Å². The Kier molecular flexibility index (Phi) is 3.95. The molecule has 0 saturated heterocycles. The molecule has 0 heterocycles. The van der Waals surface area contributed by atoms with Crippen LogP contribution in [0.3, 0.4) is 0 Å². The van der Waals surface area contributed by atoms with Crippen LogP contribution in [0, 0.1) is 0 Å². The van der Waals surface area contributed by atoms with E-state index in [4.69, 9.17) is 0 Å². The Labute approximate surface area is 115 Å². The first-order chi connectivity index (χ1) is 9.43.